The van der Waals surface area contributed by atoms with Gasteiger partial charge in [0.2, 0.25) is 11.8 Å². The molecule has 4 atom stereocenters. The van der Waals surface area contributed by atoms with E-state index in [4.69, 9.17) is 0 Å². The summed E-state index contributed by atoms with van der Waals surface area (Å²) in [5.74, 6) is 0.628. The molecule has 0 spiro atoms. The van der Waals surface area contributed by atoms with Gasteiger partial charge in [-0.05, 0) is 51.1 Å². The smallest absolute Gasteiger partial charge is 0.226 e. The van der Waals surface area contributed by atoms with Gasteiger partial charge in [-0.2, -0.15) is 0 Å². The summed E-state index contributed by atoms with van der Waals surface area (Å²) in [6.07, 6.45) is 7.13. The number of amides is 2. The quantitative estimate of drug-likeness (QED) is 0.829. The van der Waals surface area contributed by atoms with Crippen molar-refractivity contribution < 1.29 is 9.59 Å². The van der Waals surface area contributed by atoms with Crippen LogP contribution >= 0.6 is 0 Å². The molecule has 1 saturated carbocycles. The van der Waals surface area contributed by atoms with Crippen LogP contribution < -0.4 is 10.6 Å². The van der Waals surface area contributed by atoms with E-state index in [1.807, 2.05) is 4.90 Å². The monoisotopic (exact) mass is 321 g/mol. The molecular formula is C18H31N3O2. The van der Waals surface area contributed by atoms with Gasteiger partial charge in [0, 0.05) is 31.0 Å². The van der Waals surface area contributed by atoms with Crippen molar-refractivity contribution in [2.24, 2.45) is 17.8 Å². The maximum atomic E-state index is 12.8. The van der Waals surface area contributed by atoms with Crippen molar-refractivity contribution in [2.75, 3.05) is 26.2 Å². The molecule has 1 aliphatic carbocycles. The summed E-state index contributed by atoms with van der Waals surface area (Å²) >= 11 is 0. The van der Waals surface area contributed by atoms with Crippen LogP contribution in [0.3, 0.4) is 0 Å². The van der Waals surface area contributed by atoms with E-state index in [1.54, 1.807) is 0 Å². The summed E-state index contributed by atoms with van der Waals surface area (Å²) in [6.45, 7) is 5.89. The third-order valence-electron chi connectivity index (χ3n) is 5.95. The molecule has 130 valence electrons. The fourth-order valence-corrected chi connectivity index (χ4v) is 4.43. The first-order valence-corrected chi connectivity index (χ1v) is 9.46. The molecule has 3 rings (SSSR count). The number of carbonyl (C=O) groups excluding carboxylic acids is 2. The Morgan fingerprint density at radius 1 is 1.00 bits per heavy atom. The van der Waals surface area contributed by atoms with Crippen LogP contribution in [0.4, 0.5) is 0 Å². The first-order chi connectivity index (χ1) is 11.2. The van der Waals surface area contributed by atoms with Gasteiger partial charge in [-0.1, -0.05) is 19.8 Å². The Kier molecular flexibility index (Phi) is 5.57. The molecule has 2 saturated heterocycles. The van der Waals surface area contributed by atoms with E-state index in [-0.39, 0.29) is 29.7 Å². The van der Waals surface area contributed by atoms with Crippen molar-refractivity contribution in [2.45, 2.75) is 57.9 Å². The third-order valence-corrected chi connectivity index (χ3v) is 5.95. The number of rotatable bonds is 3. The molecule has 0 radical (unpaired) electrons. The molecule has 0 bridgehead atoms. The first kappa shape index (κ1) is 16.7. The standard InChI is InChI=1S/C18H31N3O2/c1-13-12-19-9-8-16(13)20-17(22)14-6-2-3-7-15(14)18(23)21-10-4-5-11-21/h13-16,19H,2-12H2,1H3,(H,20,22). The minimum Gasteiger partial charge on any atom is -0.353 e. The molecule has 0 aromatic heterocycles. The zero-order valence-electron chi connectivity index (χ0n) is 14.4. The van der Waals surface area contributed by atoms with Crippen molar-refractivity contribution in [3.05, 3.63) is 0 Å². The van der Waals surface area contributed by atoms with Crippen molar-refractivity contribution in [1.82, 2.24) is 15.5 Å². The number of nitrogens with one attached hydrogen (secondary N) is 2. The first-order valence-electron chi connectivity index (χ1n) is 9.46. The van der Waals surface area contributed by atoms with Gasteiger partial charge in [-0.3, -0.25) is 9.59 Å². The summed E-state index contributed by atoms with van der Waals surface area (Å²) in [7, 11) is 0. The topological polar surface area (TPSA) is 61.4 Å². The second-order valence-electron chi connectivity index (χ2n) is 7.62. The summed E-state index contributed by atoms with van der Waals surface area (Å²) in [6, 6.07) is 0.258. The van der Waals surface area contributed by atoms with Crippen LogP contribution in [0.25, 0.3) is 0 Å². The molecule has 3 aliphatic rings. The average Bonchev–Trinajstić information content (AvgIpc) is 3.11. The minimum absolute atomic E-state index is 0.0844. The van der Waals surface area contributed by atoms with E-state index in [1.165, 1.54) is 0 Å². The lowest BCUT2D eigenvalue weighted by Crippen LogP contribution is -2.52. The predicted molar refractivity (Wildman–Crippen MR) is 89.8 cm³/mol. The van der Waals surface area contributed by atoms with Gasteiger partial charge in [0.15, 0.2) is 0 Å². The molecule has 3 fully saturated rings. The van der Waals surface area contributed by atoms with Crippen molar-refractivity contribution in [1.29, 1.82) is 0 Å². The number of hydrogen-bond donors (Lipinski definition) is 2. The largest absolute Gasteiger partial charge is 0.353 e. The zero-order valence-corrected chi connectivity index (χ0v) is 14.4. The Bertz CT molecular complexity index is 434. The Morgan fingerprint density at radius 2 is 1.70 bits per heavy atom. The van der Waals surface area contributed by atoms with Gasteiger partial charge in [0.1, 0.15) is 0 Å². The van der Waals surface area contributed by atoms with E-state index in [9.17, 15) is 9.59 Å². The average molecular weight is 321 g/mol. The summed E-state index contributed by atoms with van der Waals surface area (Å²) in [5.41, 5.74) is 0. The SMILES string of the molecule is CC1CNCCC1NC(=O)C1CCCCC1C(=O)N1CCCC1. The second-order valence-corrected chi connectivity index (χ2v) is 7.62. The van der Waals surface area contributed by atoms with Crippen LogP contribution in [-0.2, 0) is 9.59 Å². The van der Waals surface area contributed by atoms with E-state index in [0.29, 0.717) is 5.92 Å². The highest BCUT2D eigenvalue weighted by Crippen LogP contribution is 2.33. The highest BCUT2D eigenvalue weighted by Gasteiger charge is 2.39. The number of nitrogens with zero attached hydrogens (tertiary/aromatic N) is 1. The van der Waals surface area contributed by atoms with Gasteiger partial charge in [-0.25, -0.2) is 0 Å². The molecule has 0 aromatic rings. The molecule has 5 heteroatoms. The van der Waals surface area contributed by atoms with Crippen LogP contribution in [0, 0.1) is 17.8 Å². The van der Waals surface area contributed by atoms with Crippen molar-refractivity contribution >= 4 is 11.8 Å². The summed E-state index contributed by atoms with van der Waals surface area (Å²) in [5, 5.41) is 6.63. The van der Waals surface area contributed by atoms with Gasteiger partial charge >= 0.3 is 0 Å². The molecule has 0 aromatic carbocycles. The fourth-order valence-electron chi connectivity index (χ4n) is 4.43. The Labute approximate surface area is 139 Å². The van der Waals surface area contributed by atoms with E-state index >= 15 is 0 Å². The van der Waals surface area contributed by atoms with Gasteiger partial charge in [0.25, 0.3) is 0 Å². The van der Waals surface area contributed by atoms with Crippen molar-refractivity contribution in [3.8, 4) is 0 Å². The lowest BCUT2D eigenvalue weighted by molar-refractivity contribution is -0.143. The van der Waals surface area contributed by atoms with Crippen LogP contribution in [0.2, 0.25) is 0 Å². The van der Waals surface area contributed by atoms with Crippen LogP contribution in [-0.4, -0.2) is 48.9 Å². The Hall–Kier alpha value is -1.10. The number of hydrogen-bond acceptors (Lipinski definition) is 3. The Morgan fingerprint density at radius 3 is 2.39 bits per heavy atom. The minimum atomic E-state index is -0.112. The van der Waals surface area contributed by atoms with Gasteiger partial charge < -0.3 is 15.5 Å². The van der Waals surface area contributed by atoms with E-state index in [2.05, 4.69) is 17.6 Å². The van der Waals surface area contributed by atoms with Crippen LogP contribution in [0.5, 0.6) is 0 Å². The molecule has 2 heterocycles. The number of likely N-dealkylation sites (tertiary alicyclic amines) is 1. The van der Waals surface area contributed by atoms with Crippen LogP contribution in [0.15, 0.2) is 0 Å². The molecule has 4 unspecified atom stereocenters. The predicted octanol–water partition coefficient (Wildman–Crippen LogP) is 1.53. The highest BCUT2D eigenvalue weighted by molar-refractivity contribution is 5.88. The molecule has 2 aliphatic heterocycles. The summed E-state index contributed by atoms with van der Waals surface area (Å²) in [4.78, 5) is 27.6. The maximum Gasteiger partial charge on any atom is 0.226 e. The summed E-state index contributed by atoms with van der Waals surface area (Å²) < 4.78 is 0. The fraction of sp³-hybridized carbons (Fsp3) is 0.889. The molecule has 2 amide bonds. The molecule has 23 heavy (non-hydrogen) atoms. The third kappa shape index (κ3) is 3.87. The lowest BCUT2D eigenvalue weighted by atomic mass is 9.77. The number of piperidine rings is 1. The van der Waals surface area contributed by atoms with E-state index in [0.717, 1.165) is 71.1 Å². The molecule has 5 nitrogen and oxygen atoms in total. The van der Waals surface area contributed by atoms with Crippen molar-refractivity contribution in [3.63, 3.8) is 0 Å². The molecular weight excluding hydrogens is 290 g/mol. The maximum absolute atomic E-state index is 12.8. The zero-order chi connectivity index (χ0) is 16.2. The highest BCUT2D eigenvalue weighted by atomic mass is 16.2. The van der Waals surface area contributed by atoms with Crippen LogP contribution in [0.1, 0.15) is 51.9 Å². The van der Waals surface area contributed by atoms with E-state index < -0.39 is 0 Å². The normalized spacial score (nSPS) is 35.1. The lowest BCUT2D eigenvalue weighted by Gasteiger charge is -2.35. The number of carbonyl (C=O) groups is 2. The molecule has 2 N–H and O–H groups in total. The second kappa shape index (κ2) is 7.65. The Balaban J connectivity index is 1.62. The van der Waals surface area contributed by atoms with Gasteiger partial charge in [-0.15, -0.1) is 0 Å². The van der Waals surface area contributed by atoms with Gasteiger partial charge in [0.05, 0.1) is 0 Å².